The van der Waals surface area contributed by atoms with Gasteiger partial charge in [0.1, 0.15) is 11.8 Å². The van der Waals surface area contributed by atoms with Crippen LogP contribution in [0.3, 0.4) is 0 Å². The zero-order valence-corrected chi connectivity index (χ0v) is 14.1. The largest absolute Gasteiger partial charge is 0.497 e. The van der Waals surface area contributed by atoms with E-state index in [1.165, 1.54) is 0 Å². The predicted octanol–water partition coefficient (Wildman–Crippen LogP) is 2.57. The number of rotatable bonds is 5. The maximum Gasteiger partial charge on any atom is 0.238 e. The van der Waals surface area contributed by atoms with Crippen molar-refractivity contribution in [1.29, 1.82) is 0 Å². The van der Waals surface area contributed by atoms with E-state index in [1.54, 1.807) is 7.11 Å². The number of halogens is 1. The second kappa shape index (κ2) is 7.66. The Bertz CT molecular complexity index is 688. The zero-order valence-electron chi connectivity index (χ0n) is 13.4. The van der Waals surface area contributed by atoms with Crippen molar-refractivity contribution in [2.75, 3.05) is 7.11 Å². The molecule has 1 heterocycles. The monoisotopic (exact) mass is 345 g/mol. The van der Waals surface area contributed by atoms with Gasteiger partial charge >= 0.3 is 0 Å². The van der Waals surface area contributed by atoms with E-state index in [0.29, 0.717) is 18.0 Å². The molecule has 3 N–H and O–H groups in total. The maximum atomic E-state index is 12.3. The highest BCUT2D eigenvalue weighted by molar-refractivity contribution is 6.30. The standard InChI is InChI=1S/C18H20ClN3O2/c1-24-15-8-4-13(5-9-15)16-10-17(22-21-16)18(23)20-11-12-2-6-14(19)7-3-12/h2-9,16-17,21-22H,10-11H2,1H3,(H,20,23). The van der Waals surface area contributed by atoms with Gasteiger partial charge in [0.15, 0.2) is 0 Å². The Morgan fingerprint density at radius 1 is 1.17 bits per heavy atom. The summed E-state index contributed by atoms with van der Waals surface area (Å²) in [6.45, 7) is 0.487. The van der Waals surface area contributed by atoms with Gasteiger partial charge in [-0.1, -0.05) is 35.9 Å². The van der Waals surface area contributed by atoms with Gasteiger partial charge in [0, 0.05) is 17.6 Å². The molecule has 1 fully saturated rings. The number of ether oxygens (including phenoxy) is 1. The average molecular weight is 346 g/mol. The molecular formula is C18H20ClN3O2. The Labute approximate surface area is 146 Å². The summed E-state index contributed by atoms with van der Waals surface area (Å²) in [5, 5.41) is 3.64. The minimum atomic E-state index is -0.260. The highest BCUT2D eigenvalue weighted by Crippen LogP contribution is 2.24. The highest BCUT2D eigenvalue weighted by atomic mass is 35.5. The first kappa shape index (κ1) is 16.8. The second-order valence-corrected chi connectivity index (χ2v) is 6.18. The molecule has 2 unspecified atom stereocenters. The van der Waals surface area contributed by atoms with Crippen LogP contribution in [0.4, 0.5) is 0 Å². The molecule has 1 saturated heterocycles. The minimum Gasteiger partial charge on any atom is -0.497 e. The lowest BCUT2D eigenvalue weighted by atomic mass is 10.0. The van der Waals surface area contributed by atoms with Crippen LogP contribution in [-0.4, -0.2) is 19.1 Å². The molecule has 0 spiro atoms. The molecule has 6 heteroatoms. The van der Waals surface area contributed by atoms with E-state index in [0.717, 1.165) is 16.9 Å². The molecule has 0 radical (unpaired) electrons. The van der Waals surface area contributed by atoms with Crippen molar-refractivity contribution in [3.05, 3.63) is 64.7 Å². The van der Waals surface area contributed by atoms with E-state index in [2.05, 4.69) is 16.2 Å². The smallest absolute Gasteiger partial charge is 0.238 e. The number of benzene rings is 2. The summed E-state index contributed by atoms with van der Waals surface area (Å²) in [7, 11) is 1.64. The SMILES string of the molecule is COc1ccc(C2CC(C(=O)NCc3ccc(Cl)cc3)NN2)cc1. The summed E-state index contributed by atoms with van der Waals surface area (Å²) >= 11 is 5.86. The Kier molecular flexibility index (Phi) is 5.35. The predicted molar refractivity (Wildman–Crippen MR) is 93.7 cm³/mol. The van der Waals surface area contributed by atoms with Crippen molar-refractivity contribution in [2.45, 2.75) is 25.0 Å². The lowest BCUT2D eigenvalue weighted by Crippen LogP contribution is -2.42. The summed E-state index contributed by atoms with van der Waals surface area (Å²) in [5.74, 6) is 0.801. The van der Waals surface area contributed by atoms with Crippen molar-refractivity contribution in [2.24, 2.45) is 0 Å². The van der Waals surface area contributed by atoms with Gasteiger partial charge in [-0.15, -0.1) is 0 Å². The van der Waals surface area contributed by atoms with E-state index in [-0.39, 0.29) is 18.0 Å². The fourth-order valence-corrected chi connectivity index (χ4v) is 2.82. The summed E-state index contributed by atoms with van der Waals surface area (Å²) < 4.78 is 5.16. The molecular weight excluding hydrogens is 326 g/mol. The summed E-state index contributed by atoms with van der Waals surface area (Å²) in [6, 6.07) is 15.1. The number of hydrogen-bond donors (Lipinski definition) is 3. The zero-order chi connectivity index (χ0) is 16.9. The van der Waals surface area contributed by atoms with Crippen LogP contribution in [0, 0.1) is 0 Å². The molecule has 5 nitrogen and oxygen atoms in total. The van der Waals surface area contributed by atoms with E-state index < -0.39 is 0 Å². The number of nitrogens with one attached hydrogen (secondary N) is 3. The summed E-state index contributed by atoms with van der Waals surface area (Å²) in [5.41, 5.74) is 8.38. The Balaban J connectivity index is 1.52. The average Bonchev–Trinajstić information content (AvgIpc) is 3.11. The van der Waals surface area contributed by atoms with Gasteiger partial charge in [-0.25, -0.2) is 10.9 Å². The van der Waals surface area contributed by atoms with E-state index in [9.17, 15) is 4.79 Å². The van der Waals surface area contributed by atoms with Crippen molar-refractivity contribution in [3.8, 4) is 5.75 Å². The van der Waals surface area contributed by atoms with Crippen LogP contribution in [0.1, 0.15) is 23.6 Å². The minimum absolute atomic E-state index is 0.0199. The number of carbonyl (C=O) groups excluding carboxylic acids is 1. The number of methoxy groups -OCH3 is 1. The van der Waals surface area contributed by atoms with Crippen LogP contribution in [0.25, 0.3) is 0 Å². The van der Waals surface area contributed by atoms with Crippen molar-refractivity contribution < 1.29 is 9.53 Å². The highest BCUT2D eigenvalue weighted by Gasteiger charge is 2.29. The van der Waals surface area contributed by atoms with Gasteiger partial charge in [-0.05, 0) is 41.8 Å². The van der Waals surface area contributed by atoms with Crippen LogP contribution in [0.15, 0.2) is 48.5 Å². The molecule has 0 aromatic heterocycles. The van der Waals surface area contributed by atoms with Gasteiger partial charge in [0.2, 0.25) is 5.91 Å². The van der Waals surface area contributed by atoms with Crippen molar-refractivity contribution in [1.82, 2.24) is 16.2 Å². The van der Waals surface area contributed by atoms with Gasteiger partial charge < -0.3 is 10.1 Å². The van der Waals surface area contributed by atoms with Crippen LogP contribution in [0.2, 0.25) is 5.02 Å². The van der Waals surface area contributed by atoms with Crippen LogP contribution >= 0.6 is 11.6 Å². The number of hydrazine groups is 1. The molecule has 0 bridgehead atoms. The van der Waals surface area contributed by atoms with Crippen LogP contribution < -0.4 is 20.9 Å². The number of hydrogen-bond acceptors (Lipinski definition) is 4. The molecule has 2 atom stereocenters. The van der Waals surface area contributed by atoms with E-state index in [1.807, 2.05) is 48.5 Å². The molecule has 3 rings (SSSR count). The first-order valence-electron chi connectivity index (χ1n) is 7.83. The second-order valence-electron chi connectivity index (χ2n) is 5.75. The van der Waals surface area contributed by atoms with Crippen LogP contribution in [-0.2, 0) is 11.3 Å². The molecule has 2 aromatic rings. The number of amides is 1. The van der Waals surface area contributed by atoms with Crippen molar-refractivity contribution >= 4 is 17.5 Å². The third-order valence-corrected chi connectivity index (χ3v) is 4.37. The molecule has 24 heavy (non-hydrogen) atoms. The quantitative estimate of drug-likeness (QED) is 0.779. The third-order valence-electron chi connectivity index (χ3n) is 4.12. The van der Waals surface area contributed by atoms with Gasteiger partial charge in [0.05, 0.1) is 7.11 Å². The Morgan fingerprint density at radius 3 is 2.54 bits per heavy atom. The molecule has 1 aliphatic rings. The normalized spacial score (nSPS) is 19.9. The summed E-state index contributed by atoms with van der Waals surface area (Å²) in [4.78, 5) is 12.3. The maximum absolute atomic E-state index is 12.3. The molecule has 1 aliphatic heterocycles. The lowest BCUT2D eigenvalue weighted by molar-refractivity contribution is -0.123. The number of carbonyl (C=O) groups is 1. The van der Waals surface area contributed by atoms with Gasteiger partial charge in [-0.2, -0.15) is 0 Å². The first-order valence-corrected chi connectivity index (χ1v) is 8.20. The van der Waals surface area contributed by atoms with Crippen molar-refractivity contribution in [3.63, 3.8) is 0 Å². The fraction of sp³-hybridized carbons (Fsp3) is 0.278. The third kappa shape index (κ3) is 4.06. The fourth-order valence-electron chi connectivity index (χ4n) is 2.70. The Hall–Kier alpha value is -2.08. The van der Waals surface area contributed by atoms with E-state index in [4.69, 9.17) is 16.3 Å². The summed E-state index contributed by atoms with van der Waals surface area (Å²) in [6.07, 6.45) is 0.693. The molecule has 1 amide bonds. The Morgan fingerprint density at radius 2 is 1.88 bits per heavy atom. The molecule has 0 aliphatic carbocycles. The van der Waals surface area contributed by atoms with E-state index >= 15 is 0 Å². The van der Waals surface area contributed by atoms with Crippen LogP contribution in [0.5, 0.6) is 5.75 Å². The molecule has 0 saturated carbocycles. The topological polar surface area (TPSA) is 62.4 Å². The lowest BCUT2D eigenvalue weighted by Gasteiger charge is -2.11. The molecule has 2 aromatic carbocycles. The van der Waals surface area contributed by atoms with Gasteiger partial charge in [0.25, 0.3) is 0 Å². The first-order chi connectivity index (χ1) is 11.7. The molecule has 126 valence electrons. The van der Waals surface area contributed by atoms with Gasteiger partial charge in [-0.3, -0.25) is 4.79 Å².